The smallest absolute Gasteiger partial charge is 0.355 e. The molecule has 0 saturated carbocycles. The Kier molecular flexibility index (Phi) is 17.6. The molecule has 116 heavy (non-hydrogen) atoms. The largest absolute Gasteiger partial charge is 0.461 e. The molecule has 0 atom stereocenters. The van der Waals surface area contributed by atoms with Crippen LogP contribution in [0.5, 0.6) is 0 Å². The van der Waals surface area contributed by atoms with Gasteiger partial charge < -0.3 is 39.4 Å². The van der Waals surface area contributed by atoms with Gasteiger partial charge in [-0.1, -0.05) is 243 Å². The maximum atomic E-state index is 15.2. The molecular formula is C102H68N10O4. The Balaban J connectivity index is 0.882. The normalized spacial score (nSPS) is 11.6. The number of aromatic amines is 6. The van der Waals surface area contributed by atoms with Gasteiger partial charge in [-0.3, -0.25) is 0 Å². The van der Waals surface area contributed by atoms with E-state index in [1.165, 1.54) is 0 Å². The molecule has 0 radical (unpaired) electrons. The van der Waals surface area contributed by atoms with E-state index in [1.807, 2.05) is 146 Å². The monoisotopic (exact) mass is 1500 g/mol. The second kappa shape index (κ2) is 29.4. The Labute approximate surface area is 666 Å². The molecule has 0 spiro atoms. The molecule has 12 heterocycles. The van der Waals surface area contributed by atoms with E-state index in [0.29, 0.717) is 67.5 Å². The zero-order valence-electron chi connectivity index (χ0n) is 62.9. The first kappa shape index (κ1) is 69.3. The number of ether oxygens (including phenoxy) is 2. The summed E-state index contributed by atoms with van der Waals surface area (Å²) in [5, 5.41) is 0. The summed E-state index contributed by atoms with van der Waals surface area (Å²) in [6.07, 6.45) is 8.36. The van der Waals surface area contributed by atoms with Crippen LogP contribution in [0.3, 0.4) is 0 Å². The van der Waals surface area contributed by atoms with Gasteiger partial charge in [0.25, 0.3) is 0 Å². The summed E-state index contributed by atoms with van der Waals surface area (Å²) in [7, 11) is 0. The topological polar surface area (TPSA) is 199 Å². The fourth-order valence-corrected chi connectivity index (χ4v) is 16.5. The van der Waals surface area contributed by atoms with Gasteiger partial charge in [0, 0.05) is 111 Å². The van der Waals surface area contributed by atoms with E-state index in [2.05, 4.69) is 223 Å². The lowest BCUT2D eigenvalue weighted by atomic mass is 9.95. The summed E-state index contributed by atoms with van der Waals surface area (Å²) in [5.41, 5.74) is 28.1. The quantitative estimate of drug-likeness (QED) is 0.0513. The van der Waals surface area contributed by atoms with Gasteiger partial charge in [-0.25, -0.2) is 29.5 Å². The predicted molar refractivity (Wildman–Crippen MR) is 467 cm³/mol. The molecule has 16 aromatic rings. The fourth-order valence-electron chi connectivity index (χ4n) is 16.5. The number of rotatable bonds is 12. The molecule has 8 aromatic heterocycles. The van der Waals surface area contributed by atoms with Crippen LogP contribution >= 0.6 is 0 Å². The molecule has 16 bridgehead atoms. The van der Waals surface area contributed by atoms with Crippen molar-refractivity contribution >= 4 is 80.4 Å². The van der Waals surface area contributed by atoms with Gasteiger partial charge in [0.15, 0.2) is 0 Å². The van der Waals surface area contributed by atoms with Gasteiger partial charge in [0.05, 0.1) is 58.8 Å². The van der Waals surface area contributed by atoms with Gasteiger partial charge in [0.2, 0.25) is 0 Å². The fraction of sp³-hybridized carbons (Fsp3) is 0.0392. The second-order valence-electron chi connectivity index (χ2n) is 28.3. The van der Waals surface area contributed by atoms with Crippen LogP contribution in [-0.2, 0) is 9.47 Å². The number of nitrogens with zero attached hydrogens (tertiary/aromatic N) is 4. The van der Waals surface area contributed by atoms with E-state index >= 15 is 9.59 Å². The lowest BCUT2D eigenvalue weighted by molar-refractivity contribution is 0.0511. The number of esters is 2. The Morgan fingerprint density at radius 1 is 0.250 bits per heavy atom. The first-order chi connectivity index (χ1) is 57.3. The van der Waals surface area contributed by atoms with Crippen LogP contribution in [0.2, 0.25) is 0 Å². The van der Waals surface area contributed by atoms with E-state index in [0.717, 1.165) is 145 Å². The third-order valence-electron chi connectivity index (χ3n) is 21.4. The van der Waals surface area contributed by atoms with Gasteiger partial charge in [-0.2, -0.15) is 0 Å². The number of aromatic nitrogens is 10. The molecule has 4 aliphatic rings. The van der Waals surface area contributed by atoms with Crippen molar-refractivity contribution in [2.75, 3.05) is 13.2 Å². The first-order valence-electron chi connectivity index (χ1n) is 38.6. The van der Waals surface area contributed by atoms with Gasteiger partial charge >= 0.3 is 11.9 Å². The highest BCUT2D eigenvalue weighted by molar-refractivity contribution is 6.14. The third-order valence-corrected chi connectivity index (χ3v) is 21.4. The molecule has 550 valence electrons. The van der Waals surface area contributed by atoms with Gasteiger partial charge in [0.1, 0.15) is 22.8 Å². The Hall–Kier alpha value is -15.9. The summed E-state index contributed by atoms with van der Waals surface area (Å²) in [6.45, 7) is 3.75. The van der Waals surface area contributed by atoms with Crippen molar-refractivity contribution in [1.29, 1.82) is 0 Å². The average Bonchev–Trinajstić information content (AvgIpc) is 1.56. The summed E-state index contributed by atoms with van der Waals surface area (Å²) in [6, 6.07) is 98.3. The minimum Gasteiger partial charge on any atom is -0.461 e. The Morgan fingerprint density at radius 3 is 0.681 bits per heavy atom. The number of carbonyl (C=O) groups excluding carboxylic acids is 2. The minimum absolute atomic E-state index is 0.0807. The minimum atomic E-state index is -0.604. The van der Waals surface area contributed by atoms with Crippen LogP contribution < -0.4 is 0 Å². The molecular weight excluding hydrogens is 1430 g/mol. The van der Waals surface area contributed by atoms with E-state index in [4.69, 9.17) is 29.4 Å². The second-order valence-corrected chi connectivity index (χ2v) is 28.3. The van der Waals surface area contributed by atoms with Gasteiger partial charge in [-0.15, -0.1) is 0 Å². The molecule has 20 rings (SSSR count). The van der Waals surface area contributed by atoms with Crippen molar-refractivity contribution in [3.63, 3.8) is 0 Å². The zero-order chi connectivity index (χ0) is 77.7. The van der Waals surface area contributed by atoms with E-state index < -0.39 is 11.9 Å². The number of hydrogen-bond donors (Lipinski definition) is 6. The molecule has 4 aliphatic heterocycles. The Morgan fingerprint density at radius 2 is 0.457 bits per heavy atom. The standard InChI is InChI=1S/C102H68N10O4/c1-3-115-101(113)99-93-91(95-87(65-39-21-9-22-40-65)79-57-53-75(105-79)83(61-31-13-5-14-32-61)71-49-51-73(103-71)85(63-35-17-7-18-36-63)77-55-59-81(107-77)89(97(93)111-95)67-43-25-11-26-44-67)69(109-99)47-29-30-48-70-92-94(100(110-70)102(114)116-4-2)98-90(68-45-27-12-28-46-68)82-60-56-78(108-82)86(64-37-19-8-20-38-64)74-52-50-72(104-74)84(62-33-15-6-16-34-62)76-54-58-80(106-76)88(96(92)112-98)66-41-23-10-24-42-66/h5-28,31-46,49-60,105-110H,3-4H2,1-2H3. The molecule has 0 fully saturated rings. The van der Waals surface area contributed by atoms with Crippen LogP contribution in [0.4, 0.5) is 0 Å². The molecule has 6 N–H and O–H groups in total. The molecule has 0 amide bonds. The van der Waals surface area contributed by atoms with Crippen molar-refractivity contribution in [2.45, 2.75) is 13.8 Å². The number of hydrogen-bond acceptors (Lipinski definition) is 8. The van der Waals surface area contributed by atoms with Crippen LogP contribution in [0.15, 0.2) is 291 Å². The van der Waals surface area contributed by atoms with Crippen molar-refractivity contribution in [3.05, 3.63) is 337 Å². The number of fused-ring (bicyclic) bond motifs is 22. The number of H-pyrrole nitrogens is 6. The molecule has 8 aromatic carbocycles. The van der Waals surface area contributed by atoms with Crippen LogP contribution in [0, 0.1) is 23.7 Å². The van der Waals surface area contributed by atoms with Crippen LogP contribution in [0.25, 0.3) is 202 Å². The summed E-state index contributed by atoms with van der Waals surface area (Å²) >= 11 is 0. The van der Waals surface area contributed by atoms with Crippen molar-refractivity contribution in [2.24, 2.45) is 0 Å². The van der Waals surface area contributed by atoms with Crippen LogP contribution in [-0.4, -0.2) is 75.0 Å². The Bertz CT molecular complexity index is 6800. The van der Waals surface area contributed by atoms with Crippen molar-refractivity contribution < 1.29 is 19.1 Å². The van der Waals surface area contributed by atoms with Gasteiger partial charge in [-0.05, 0) is 155 Å². The molecule has 14 nitrogen and oxygen atoms in total. The van der Waals surface area contributed by atoms with Crippen molar-refractivity contribution in [1.82, 2.24) is 49.8 Å². The molecule has 14 heteroatoms. The highest BCUT2D eigenvalue weighted by Gasteiger charge is 2.37. The lowest BCUT2D eigenvalue weighted by Crippen LogP contribution is -2.07. The van der Waals surface area contributed by atoms with E-state index in [9.17, 15) is 0 Å². The van der Waals surface area contributed by atoms with E-state index in [1.54, 1.807) is 13.8 Å². The summed E-state index contributed by atoms with van der Waals surface area (Å²) in [5.74, 6) is 12.4. The number of benzene rings is 8. The van der Waals surface area contributed by atoms with Crippen molar-refractivity contribution in [3.8, 4) is 158 Å². The highest BCUT2D eigenvalue weighted by Crippen LogP contribution is 2.53. The SMILES string of the molecule is CCOC(=O)c1[nH]c(C#CC#Cc2[nH]c(C(=O)OCC)c3c2-c2nc-3c(-c3ccccc3)c3ccc([nH]3)c(-c3ccccc3)c3nc(c(-c4ccccc4)c4ccc([nH]4)c2-c2ccccc2)C=C3)c2c1-c1nc-2c(-c2ccccc2)c2ccc([nH]2)c(-c2ccccc2)c2nc(c(-c3ccccc3)c3ccc([nH]3)c1-c1ccccc1)C=C2. The summed E-state index contributed by atoms with van der Waals surface area (Å²) < 4.78 is 12.1. The first-order valence-corrected chi connectivity index (χ1v) is 38.6. The average molecular weight is 1500 g/mol. The van der Waals surface area contributed by atoms with Crippen LogP contribution in [0.1, 0.15) is 69.0 Å². The third kappa shape index (κ3) is 12.2. The number of nitrogens with one attached hydrogen (secondary N) is 6. The maximum absolute atomic E-state index is 15.2. The number of carbonyl (C=O) groups is 2. The highest BCUT2D eigenvalue weighted by atomic mass is 16.5. The molecule has 0 unspecified atom stereocenters. The molecule has 0 aliphatic carbocycles. The predicted octanol–water partition coefficient (Wildman–Crippen LogP) is 23.7. The van der Waals surface area contributed by atoms with E-state index in [-0.39, 0.29) is 24.6 Å². The molecule has 0 saturated heterocycles. The zero-order valence-corrected chi connectivity index (χ0v) is 62.9. The lowest BCUT2D eigenvalue weighted by Gasteiger charge is -2.08. The summed E-state index contributed by atoms with van der Waals surface area (Å²) in [4.78, 5) is 76.0. The maximum Gasteiger partial charge on any atom is 0.355 e.